The van der Waals surface area contributed by atoms with Gasteiger partial charge in [-0.1, -0.05) is 6.92 Å². The number of rotatable bonds is 4. The highest BCUT2D eigenvalue weighted by Gasteiger charge is 2.24. The van der Waals surface area contributed by atoms with Crippen molar-refractivity contribution < 1.29 is 17.6 Å². The molecule has 0 fully saturated rings. The molecule has 1 aromatic rings. The first-order valence-corrected chi connectivity index (χ1v) is 8.84. The summed E-state index contributed by atoms with van der Waals surface area (Å²) in [5, 5.41) is 2.73. The SMILES string of the molecule is CCC(C)(C)NC(=O)c1cc(S(=O)(=O)Cl)c(F)cc1Br. The van der Waals surface area contributed by atoms with Gasteiger partial charge in [0.05, 0.1) is 5.56 Å². The van der Waals surface area contributed by atoms with Gasteiger partial charge in [-0.2, -0.15) is 0 Å². The van der Waals surface area contributed by atoms with Gasteiger partial charge < -0.3 is 5.32 Å². The number of nitrogens with one attached hydrogen (secondary N) is 1. The molecule has 0 atom stereocenters. The molecule has 0 bridgehead atoms. The molecule has 112 valence electrons. The van der Waals surface area contributed by atoms with Gasteiger partial charge in [-0.15, -0.1) is 0 Å². The van der Waals surface area contributed by atoms with E-state index in [2.05, 4.69) is 21.2 Å². The molecule has 0 heterocycles. The Kier molecular flexibility index (Phi) is 5.21. The molecule has 0 radical (unpaired) electrons. The normalized spacial score (nSPS) is 12.3. The molecule has 1 rings (SSSR count). The number of carbonyl (C=O) groups excluding carboxylic acids is 1. The molecule has 1 N–H and O–H groups in total. The Bertz CT molecular complexity index is 646. The lowest BCUT2D eigenvalue weighted by atomic mass is 10.0. The monoisotopic (exact) mass is 385 g/mol. The van der Waals surface area contributed by atoms with Crippen LogP contribution >= 0.6 is 26.6 Å². The third kappa shape index (κ3) is 4.17. The van der Waals surface area contributed by atoms with E-state index in [0.717, 1.165) is 12.1 Å². The van der Waals surface area contributed by atoms with Crippen molar-refractivity contribution >= 4 is 41.6 Å². The topological polar surface area (TPSA) is 63.2 Å². The van der Waals surface area contributed by atoms with Crippen LogP contribution in [0.5, 0.6) is 0 Å². The van der Waals surface area contributed by atoms with Crippen LogP contribution in [0.2, 0.25) is 0 Å². The van der Waals surface area contributed by atoms with Crippen molar-refractivity contribution in [3.05, 3.63) is 28.0 Å². The molecule has 0 aliphatic carbocycles. The summed E-state index contributed by atoms with van der Waals surface area (Å²) in [7, 11) is 0.879. The zero-order valence-electron chi connectivity index (χ0n) is 11.1. The Labute approximate surface area is 130 Å². The molecule has 1 amide bonds. The van der Waals surface area contributed by atoms with E-state index in [-0.39, 0.29) is 10.0 Å². The van der Waals surface area contributed by atoms with E-state index >= 15 is 0 Å². The van der Waals surface area contributed by atoms with Crippen LogP contribution in [-0.2, 0) is 9.05 Å². The van der Waals surface area contributed by atoms with E-state index in [9.17, 15) is 17.6 Å². The summed E-state index contributed by atoms with van der Waals surface area (Å²) < 4.78 is 36.2. The predicted molar refractivity (Wildman–Crippen MR) is 79.0 cm³/mol. The van der Waals surface area contributed by atoms with Crippen LogP contribution in [0.4, 0.5) is 4.39 Å². The average Bonchev–Trinajstić information content (AvgIpc) is 2.26. The molecule has 0 spiro atoms. The summed E-state index contributed by atoms with van der Waals surface area (Å²) in [4.78, 5) is 11.4. The van der Waals surface area contributed by atoms with Crippen LogP contribution in [0.15, 0.2) is 21.5 Å². The minimum atomic E-state index is -4.26. The molecular formula is C12H14BrClFNO3S. The van der Waals surface area contributed by atoms with Crippen LogP contribution in [0.25, 0.3) is 0 Å². The van der Waals surface area contributed by atoms with Crippen LogP contribution in [0.3, 0.4) is 0 Å². The highest BCUT2D eigenvalue weighted by Crippen LogP contribution is 2.27. The molecule has 0 saturated carbocycles. The molecule has 4 nitrogen and oxygen atoms in total. The van der Waals surface area contributed by atoms with Crippen LogP contribution < -0.4 is 5.32 Å². The second-order valence-electron chi connectivity index (χ2n) is 4.89. The van der Waals surface area contributed by atoms with Crippen LogP contribution in [0, 0.1) is 5.82 Å². The van der Waals surface area contributed by atoms with Gasteiger partial charge in [0, 0.05) is 20.7 Å². The maximum absolute atomic E-state index is 13.6. The lowest BCUT2D eigenvalue weighted by Crippen LogP contribution is -2.42. The summed E-state index contributed by atoms with van der Waals surface area (Å²) >= 11 is 3.04. The number of carbonyl (C=O) groups is 1. The van der Waals surface area contributed by atoms with Crippen LogP contribution in [-0.4, -0.2) is 19.9 Å². The second kappa shape index (κ2) is 5.99. The number of hydrogen-bond donors (Lipinski definition) is 1. The fourth-order valence-electron chi connectivity index (χ4n) is 1.35. The number of hydrogen-bond acceptors (Lipinski definition) is 3. The average molecular weight is 387 g/mol. The van der Waals surface area contributed by atoms with Crippen molar-refractivity contribution in [2.45, 2.75) is 37.6 Å². The van der Waals surface area contributed by atoms with Crippen molar-refractivity contribution in [3.8, 4) is 0 Å². The van der Waals surface area contributed by atoms with E-state index in [1.807, 2.05) is 20.8 Å². The van der Waals surface area contributed by atoms with E-state index in [4.69, 9.17) is 10.7 Å². The molecule has 20 heavy (non-hydrogen) atoms. The smallest absolute Gasteiger partial charge is 0.264 e. The van der Waals surface area contributed by atoms with Crippen LogP contribution in [0.1, 0.15) is 37.6 Å². The van der Waals surface area contributed by atoms with E-state index < -0.39 is 31.2 Å². The highest BCUT2D eigenvalue weighted by molar-refractivity contribution is 9.10. The maximum Gasteiger partial charge on any atom is 0.264 e. The summed E-state index contributed by atoms with van der Waals surface area (Å²) in [6, 6.07) is 1.83. The summed E-state index contributed by atoms with van der Waals surface area (Å²) in [5.41, 5.74) is -0.461. The second-order valence-corrected chi connectivity index (χ2v) is 8.28. The lowest BCUT2D eigenvalue weighted by molar-refractivity contribution is 0.0910. The Balaban J connectivity index is 3.30. The van der Waals surface area contributed by atoms with Crippen molar-refractivity contribution in [1.29, 1.82) is 0 Å². The Hall–Kier alpha value is -0.660. The minimum Gasteiger partial charge on any atom is -0.347 e. The predicted octanol–water partition coefficient (Wildman–Crippen LogP) is 3.43. The molecule has 0 aliphatic rings. The van der Waals surface area contributed by atoms with Crippen molar-refractivity contribution in [2.24, 2.45) is 0 Å². The molecule has 8 heteroatoms. The summed E-state index contributed by atoms with van der Waals surface area (Å²) in [6.45, 7) is 5.54. The van der Waals surface area contributed by atoms with Gasteiger partial charge in [-0.25, -0.2) is 12.8 Å². The van der Waals surface area contributed by atoms with E-state index in [0.29, 0.717) is 6.42 Å². The van der Waals surface area contributed by atoms with Gasteiger partial charge in [0.1, 0.15) is 10.7 Å². The quantitative estimate of drug-likeness (QED) is 0.806. The zero-order valence-corrected chi connectivity index (χ0v) is 14.3. The van der Waals surface area contributed by atoms with Crippen molar-refractivity contribution in [1.82, 2.24) is 5.32 Å². The Morgan fingerprint density at radius 2 is 2.00 bits per heavy atom. The van der Waals surface area contributed by atoms with Gasteiger partial charge in [-0.05, 0) is 48.3 Å². The highest BCUT2D eigenvalue weighted by atomic mass is 79.9. The van der Waals surface area contributed by atoms with Gasteiger partial charge >= 0.3 is 0 Å². The fourth-order valence-corrected chi connectivity index (χ4v) is 2.75. The van der Waals surface area contributed by atoms with Gasteiger partial charge in [-0.3, -0.25) is 4.79 Å². The first-order chi connectivity index (χ1) is 8.98. The molecule has 0 saturated heterocycles. The first kappa shape index (κ1) is 17.4. The Morgan fingerprint density at radius 3 is 2.45 bits per heavy atom. The van der Waals surface area contributed by atoms with Gasteiger partial charge in [0.25, 0.3) is 15.0 Å². The maximum atomic E-state index is 13.6. The summed E-state index contributed by atoms with van der Waals surface area (Å²) in [6.07, 6.45) is 0.679. The zero-order chi connectivity index (χ0) is 15.7. The summed E-state index contributed by atoms with van der Waals surface area (Å²) in [5.74, 6) is -1.52. The number of benzene rings is 1. The third-order valence-corrected chi connectivity index (χ3v) is 4.86. The standard InChI is InChI=1S/C12H14BrClFNO3S/c1-4-12(2,3)16-11(17)7-5-10(20(14,18)19)9(15)6-8(7)13/h5-6H,4H2,1-3H3,(H,16,17). The first-order valence-electron chi connectivity index (χ1n) is 5.74. The fraction of sp³-hybridized carbons (Fsp3) is 0.417. The largest absolute Gasteiger partial charge is 0.347 e. The van der Waals surface area contributed by atoms with Crippen molar-refractivity contribution in [2.75, 3.05) is 0 Å². The molecule has 1 aromatic carbocycles. The van der Waals surface area contributed by atoms with Crippen molar-refractivity contribution in [3.63, 3.8) is 0 Å². The number of amides is 1. The lowest BCUT2D eigenvalue weighted by Gasteiger charge is -2.24. The van der Waals surface area contributed by atoms with E-state index in [1.54, 1.807) is 0 Å². The molecular weight excluding hydrogens is 373 g/mol. The van der Waals surface area contributed by atoms with Gasteiger partial charge in [0.15, 0.2) is 0 Å². The minimum absolute atomic E-state index is 0.00662. The van der Waals surface area contributed by atoms with E-state index in [1.165, 1.54) is 0 Å². The third-order valence-electron chi connectivity index (χ3n) is 2.86. The molecule has 0 unspecified atom stereocenters. The van der Waals surface area contributed by atoms with Gasteiger partial charge in [0.2, 0.25) is 0 Å². The molecule has 0 aromatic heterocycles. The Morgan fingerprint density at radius 1 is 1.45 bits per heavy atom. The number of halogens is 3. The molecule has 0 aliphatic heterocycles.